The fourth-order valence-corrected chi connectivity index (χ4v) is 1.61. The van der Waals surface area contributed by atoms with Crippen LogP contribution in [0.3, 0.4) is 0 Å². The van der Waals surface area contributed by atoms with Crippen LogP contribution in [0.5, 0.6) is 0 Å². The summed E-state index contributed by atoms with van der Waals surface area (Å²) in [7, 11) is 0. The first-order valence-corrected chi connectivity index (χ1v) is 6.93. The highest BCUT2D eigenvalue weighted by atomic mass is 16.5. The van der Waals surface area contributed by atoms with Crippen LogP contribution in [-0.2, 0) is 6.54 Å². The largest absolute Gasteiger partial charge is 0.357 e. The standard InChI is InChI=1S/C13H25N5O/c1-5-14-13(15-8-6-7-10(2)3)16-9-12-17-11(4)18-19-12/h10H,5-9H2,1-4H3,(H2,14,15,16). The second-order valence-corrected chi connectivity index (χ2v) is 4.89. The SMILES string of the molecule is CCNC(=NCc1nc(C)no1)NCCCC(C)C. The Balaban J connectivity index is 2.37. The van der Waals surface area contributed by atoms with E-state index in [9.17, 15) is 0 Å². The van der Waals surface area contributed by atoms with Gasteiger partial charge < -0.3 is 15.2 Å². The van der Waals surface area contributed by atoms with Crippen molar-refractivity contribution in [2.75, 3.05) is 13.1 Å². The van der Waals surface area contributed by atoms with Gasteiger partial charge in [0.05, 0.1) is 0 Å². The number of hydrogen-bond donors (Lipinski definition) is 2. The van der Waals surface area contributed by atoms with Crippen LogP contribution in [0.15, 0.2) is 9.52 Å². The Kier molecular flexibility index (Phi) is 6.92. The molecule has 19 heavy (non-hydrogen) atoms. The molecule has 1 heterocycles. The minimum Gasteiger partial charge on any atom is -0.357 e. The molecule has 108 valence electrons. The van der Waals surface area contributed by atoms with E-state index in [0.29, 0.717) is 18.3 Å². The number of nitrogens with one attached hydrogen (secondary N) is 2. The first kappa shape index (κ1) is 15.5. The third-order valence-corrected chi connectivity index (χ3v) is 2.54. The van der Waals surface area contributed by atoms with E-state index in [1.165, 1.54) is 6.42 Å². The van der Waals surface area contributed by atoms with Gasteiger partial charge >= 0.3 is 0 Å². The summed E-state index contributed by atoms with van der Waals surface area (Å²) in [5.41, 5.74) is 0. The monoisotopic (exact) mass is 267 g/mol. The van der Waals surface area contributed by atoms with Gasteiger partial charge in [-0.05, 0) is 32.6 Å². The fourth-order valence-electron chi connectivity index (χ4n) is 1.61. The number of guanidine groups is 1. The van der Waals surface area contributed by atoms with Gasteiger partial charge in [-0.2, -0.15) is 4.98 Å². The number of aliphatic imine (C=N–C) groups is 1. The van der Waals surface area contributed by atoms with Gasteiger partial charge in [0, 0.05) is 13.1 Å². The van der Waals surface area contributed by atoms with E-state index >= 15 is 0 Å². The summed E-state index contributed by atoms with van der Waals surface area (Å²) in [4.78, 5) is 8.53. The molecule has 0 saturated carbocycles. The molecule has 1 rings (SSSR count). The van der Waals surface area contributed by atoms with Gasteiger partial charge in [0.25, 0.3) is 0 Å². The van der Waals surface area contributed by atoms with Crippen molar-refractivity contribution in [3.63, 3.8) is 0 Å². The van der Waals surface area contributed by atoms with E-state index < -0.39 is 0 Å². The zero-order valence-electron chi connectivity index (χ0n) is 12.4. The fraction of sp³-hybridized carbons (Fsp3) is 0.769. The molecule has 0 aliphatic rings. The summed E-state index contributed by atoms with van der Waals surface area (Å²) >= 11 is 0. The summed E-state index contributed by atoms with van der Waals surface area (Å²) in [5.74, 6) is 2.71. The van der Waals surface area contributed by atoms with Gasteiger partial charge in [-0.15, -0.1) is 0 Å². The molecule has 0 radical (unpaired) electrons. The van der Waals surface area contributed by atoms with Gasteiger partial charge in [-0.1, -0.05) is 19.0 Å². The van der Waals surface area contributed by atoms with Crippen LogP contribution >= 0.6 is 0 Å². The molecule has 0 saturated heterocycles. The van der Waals surface area contributed by atoms with Crippen LogP contribution in [0.1, 0.15) is 45.3 Å². The maximum atomic E-state index is 5.03. The average Bonchev–Trinajstić information content (AvgIpc) is 2.77. The van der Waals surface area contributed by atoms with E-state index in [-0.39, 0.29) is 0 Å². The van der Waals surface area contributed by atoms with Gasteiger partial charge in [0.15, 0.2) is 11.8 Å². The van der Waals surface area contributed by atoms with Crippen LogP contribution in [0.2, 0.25) is 0 Å². The van der Waals surface area contributed by atoms with Crippen LogP contribution in [0, 0.1) is 12.8 Å². The Bertz CT molecular complexity index is 386. The van der Waals surface area contributed by atoms with Gasteiger partial charge in [0.1, 0.15) is 6.54 Å². The minimum atomic E-state index is 0.403. The highest BCUT2D eigenvalue weighted by Gasteiger charge is 2.03. The van der Waals surface area contributed by atoms with Gasteiger partial charge in [-0.3, -0.25) is 0 Å². The Labute approximate surface area is 115 Å². The van der Waals surface area contributed by atoms with Crippen LogP contribution < -0.4 is 10.6 Å². The molecule has 1 aromatic heterocycles. The molecular weight excluding hydrogens is 242 g/mol. The molecule has 0 bridgehead atoms. The van der Waals surface area contributed by atoms with E-state index in [4.69, 9.17) is 4.52 Å². The lowest BCUT2D eigenvalue weighted by atomic mass is 10.1. The van der Waals surface area contributed by atoms with E-state index in [2.05, 4.69) is 39.6 Å². The van der Waals surface area contributed by atoms with Crippen LogP contribution in [0.25, 0.3) is 0 Å². The molecule has 6 heteroatoms. The first-order chi connectivity index (χ1) is 9.11. The third-order valence-electron chi connectivity index (χ3n) is 2.54. The van der Waals surface area contributed by atoms with Crippen molar-refractivity contribution in [3.05, 3.63) is 11.7 Å². The zero-order chi connectivity index (χ0) is 14.1. The molecule has 0 atom stereocenters. The zero-order valence-corrected chi connectivity index (χ0v) is 12.4. The van der Waals surface area contributed by atoms with Crippen LogP contribution in [-0.4, -0.2) is 29.2 Å². The van der Waals surface area contributed by atoms with Gasteiger partial charge in [0.2, 0.25) is 5.89 Å². The number of rotatable bonds is 7. The van der Waals surface area contributed by atoms with Crippen LogP contribution in [0.4, 0.5) is 0 Å². The van der Waals surface area contributed by atoms with E-state index in [1.54, 1.807) is 6.92 Å². The summed E-state index contributed by atoms with van der Waals surface area (Å²) in [6.45, 7) is 10.5. The molecule has 6 nitrogen and oxygen atoms in total. The lowest BCUT2D eigenvalue weighted by Crippen LogP contribution is -2.37. The van der Waals surface area contributed by atoms with Crippen molar-refractivity contribution < 1.29 is 4.52 Å². The summed E-state index contributed by atoms with van der Waals surface area (Å²) in [5, 5.41) is 10.2. The molecular formula is C13H25N5O. The summed E-state index contributed by atoms with van der Waals surface area (Å²) in [6, 6.07) is 0. The van der Waals surface area contributed by atoms with Gasteiger partial charge in [-0.25, -0.2) is 4.99 Å². The van der Waals surface area contributed by atoms with Crippen molar-refractivity contribution >= 4 is 5.96 Å². The van der Waals surface area contributed by atoms with Crippen molar-refractivity contribution in [2.45, 2.75) is 47.1 Å². The minimum absolute atomic E-state index is 0.403. The molecule has 0 spiro atoms. The molecule has 1 aromatic rings. The Morgan fingerprint density at radius 2 is 2.16 bits per heavy atom. The quantitative estimate of drug-likeness (QED) is 0.448. The number of aromatic nitrogens is 2. The molecule has 0 aliphatic carbocycles. The average molecular weight is 267 g/mol. The Hall–Kier alpha value is -1.59. The summed E-state index contributed by atoms with van der Waals surface area (Å²) in [6.07, 6.45) is 2.36. The first-order valence-electron chi connectivity index (χ1n) is 6.93. The molecule has 0 fully saturated rings. The lowest BCUT2D eigenvalue weighted by molar-refractivity contribution is 0.376. The van der Waals surface area contributed by atoms with Crippen molar-refractivity contribution in [3.8, 4) is 0 Å². The smallest absolute Gasteiger partial charge is 0.248 e. The molecule has 0 aromatic carbocycles. The molecule has 0 aliphatic heterocycles. The van der Waals surface area contributed by atoms with E-state index in [1.807, 2.05) is 6.92 Å². The number of hydrogen-bond acceptors (Lipinski definition) is 4. The maximum absolute atomic E-state index is 5.03. The van der Waals surface area contributed by atoms with Crippen molar-refractivity contribution in [1.29, 1.82) is 0 Å². The highest BCUT2D eigenvalue weighted by molar-refractivity contribution is 5.79. The van der Waals surface area contributed by atoms with E-state index in [0.717, 1.165) is 31.4 Å². The maximum Gasteiger partial charge on any atom is 0.248 e. The third kappa shape index (κ3) is 6.79. The predicted octanol–water partition coefficient (Wildman–Crippen LogP) is 1.87. The molecule has 0 unspecified atom stereocenters. The highest BCUT2D eigenvalue weighted by Crippen LogP contribution is 2.02. The van der Waals surface area contributed by atoms with Crippen molar-refractivity contribution in [1.82, 2.24) is 20.8 Å². The normalized spacial score (nSPS) is 11.9. The molecule has 2 N–H and O–H groups in total. The Morgan fingerprint density at radius 1 is 1.37 bits per heavy atom. The Morgan fingerprint density at radius 3 is 2.74 bits per heavy atom. The second kappa shape index (κ2) is 8.50. The predicted molar refractivity (Wildman–Crippen MR) is 75.9 cm³/mol. The molecule has 0 amide bonds. The second-order valence-electron chi connectivity index (χ2n) is 4.89. The lowest BCUT2D eigenvalue weighted by Gasteiger charge is -2.11. The summed E-state index contributed by atoms with van der Waals surface area (Å²) < 4.78 is 5.03. The topological polar surface area (TPSA) is 75.3 Å². The number of nitrogens with zero attached hydrogens (tertiary/aromatic N) is 3. The number of aryl methyl sites for hydroxylation is 1. The van der Waals surface area contributed by atoms with Crippen molar-refractivity contribution in [2.24, 2.45) is 10.9 Å².